The molecule has 0 spiro atoms. The molecule has 0 fully saturated rings. The topological polar surface area (TPSA) is 9.23 Å². The van der Waals surface area contributed by atoms with Crippen molar-refractivity contribution in [1.82, 2.24) is 0 Å². The van der Waals surface area contributed by atoms with Crippen LogP contribution in [0.1, 0.15) is 5.56 Å². The summed E-state index contributed by atoms with van der Waals surface area (Å²) in [6, 6.07) is 7.66. The number of aryl methyl sites for hydroxylation is 1. The summed E-state index contributed by atoms with van der Waals surface area (Å²) in [4.78, 5) is 0. The maximum Gasteiger partial charge on any atom is 0.433 e. The first-order valence-corrected chi connectivity index (χ1v) is 7.17. The molecule has 0 radical (unpaired) electrons. The van der Waals surface area contributed by atoms with E-state index >= 15 is 0 Å². The van der Waals surface area contributed by atoms with Crippen LogP contribution in [0.3, 0.4) is 0 Å². The van der Waals surface area contributed by atoms with E-state index in [1.165, 1.54) is 0 Å². The Morgan fingerprint density at radius 3 is 2.45 bits per heavy atom. The predicted octanol–water partition coefficient (Wildman–Crippen LogP) is 2.57. The zero-order chi connectivity index (χ0) is 8.27. The van der Waals surface area contributed by atoms with Crippen molar-refractivity contribution in [3.63, 3.8) is 0 Å². The third-order valence-corrected chi connectivity index (χ3v) is 2.28. The Balaban J connectivity index is 2.78. The van der Waals surface area contributed by atoms with Gasteiger partial charge >= 0.3 is 7.66 Å². The Morgan fingerprint density at radius 1 is 1.27 bits per heavy atom. The average molecular weight is 207 g/mol. The van der Waals surface area contributed by atoms with Crippen LogP contribution in [0.5, 0.6) is 5.75 Å². The fourth-order valence-corrected chi connectivity index (χ4v) is 1.82. The SMILES string of the molecule is Cc1ccccc1O[SiH](Cl)Cl. The zero-order valence-corrected chi connectivity index (χ0v) is 8.72. The summed E-state index contributed by atoms with van der Waals surface area (Å²) in [5.74, 6) is 0.786. The molecule has 0 heterocycles. The Labute approximate surface area is 77.0 Å². The molecule has 0 unspecified atom stereocenters. The average Bonchev–Trinajstić information content (AvgIpc) is 1.93. The number of halogens is 2. The second-order valence-corrected chi connectivity index (χ2v) is 5.95. The van der Waals surface area contributed by atoms with Gasteiger partial charge in [-0.25, -0.2) is 0 Å². The summed E-state index contributed by atoms with van der Waals surface area (Å²) in [6.45, 7) is 1.96. The van der Waals surface area contributed by atoms with E-state index in [9.17, 15) is 0 Å². The van der Waals surface area contributed by atoms with Crippen LogP contribution in [0.25, 0.3) is 0 Å². The van der Waals surface area contributed by atoms with Gasteiger partial charge in [0.2, 0.25) is 0 Å². The second kappa shape index (κ2) is 4.00. The van der Waals surface area contributed by atoms with E-state index in [1.807, 2.05) is 31.2 Å². The van der Waals surface area contributed by atoms with Crippen molar-refractivity contribution in [3.05, 3.63) is 29.8 Å². The highest BCUT2D eigenvalue weighted by Gasteiger charge is 2.05. The highest BCUT2D eigenvalue weighted by Crippen LogP contribution is 2.18. The number of rotatable bonds is 2. The number of hydrogen-bond acceptors (Lipinski definition) is 1. The summed E-state index contributed by atoms with van der Waals surface area (Å²) in [5, 5.41) is 0. The van der Waals surface area contributed by atoms with Crippen molar-refractivity contribution < 1.29 is 4.43 Å². The molecule has 1 rings (SSSR count). The van der Waals surface area contributed by atoms with Crippen LogP contribution in [0.4, 0.5) is 0 Å². The maximum atomic E-state index is 5.57. The first kappa shape index (κ1) is 8.91. The van der Waals surface area contributed by atoms with Gasteiger partial charge in [-0.1, -0.05) is 18.2 Å². The van der Waals surface area contributed by atoms with Crippen molar-refractivity contribution in [2.75, 3.05) is 0 Å². The standard InChI is InChI=1S/C7H8Cl2OSi/c1-6-4-2-3-5-7(6)10-11(8)9/h2-5,11H,1H3. The predicted molar refractivity (Wildman–Crippen MR) is 50.7 cm³/mol. The Bertz CT molecular complexity index is 240. The molecule has 0 N–H and O–H groups in total. The Kier molecular flexibility index (Phi) is 3.24. The lowest BCUT2D eigenvalue weighted by atomic mass is 10.2. The van der Waals surface area contributed by atoms with Crippen LogP contribution in [-0.4, -0.2) is 7.66 Å². The molecule has 0 atom stereocenters. The van der Waals surface area contributed by atoms with Crippen LogP contribution in [-0.2, 0) is 0 Å². The van der Waals surface area contributed by atoms with E-state index in [0.29, 0.717) is 0 Å². The van der Waals surface area contributed by atoms with Crippen LogP contribution in [0.2, 0.25) is 0 Å². The molecule has 11 heavy (non-hydrogen) atoms. The van der Waals surface area contributed by atoms with E-state index in [2.05, 4.69) is 0 Å². The fraction of sp³-hybridized carbons (Fsp3) is 0.143. The Hall–Kier alpha value is -0.183. The first-order chi connectivity index (χ1) is 5.20. The second-order valence-electron chi connectivity index (χ2n) is 2.14. The largest absolute Gasteiger partial charge is 0.520 e. The molecular weight excluding hydrogens is 199 g/mol. The third-order valence-electron chi connectivity index (χ3n) is 1.31. The van der Waals surface area contributed by atoms with Gasteiger partial charge in [-0.2, -0.15) is 0 Å². The summed E-state index contributed by atoms with van der Waals surface area (Å²) >= 11 is 11.1. The summed E-state index contributed by atoms with van der Waals surface area (Å²) < 4.78 is 5.21. The smallest absolute Gasteiger partial charge is 0.433 e. The summed E-state index contributed by atoms with van der Waals surface area (Å²) in [5.41, 5.74) is 1.06. The van der Waals surface area contributed by atoms with Gasteiger partial charge < -0.3 is 4.43 Å². The van der Waals surface area contributed by atoms with Crippen LogP contribution in [0, 0.1) is 6.92 Å². The van der Waals surface area contributed by atoms with E-state index in [0.717, 1.165) is 11.3 Å². The van der Waals surface area contributed by atoms with E-state index in [4.69, 9.17) is 26.6 Å². The summed E-state index contributed by atoms with van der Waals surface area (Å²) in [6.07, 6.45) is 0. The molecule has 0 saturated carbocycles. The molecule has 0 saturated heterocycles. The highest BCUT2D eigenvalue weighted by molar-refractivity contribution is 7.31. The van der Waals surface area contributed by atoms with E-state index < -0.39 is 7.66 Å². The lowest BCUT2D eigenvalue weighted by Gasteiger charge is -2.07. The molecule has 0 amide bonds. The van der Waals surface area contributed by atoms with E-state index in [1.54, 1.807) is 0 Å². The molecule has 0 aliphatic heterocycles. The van der Waals surface area contributed by atoms with Crippen molar-refractivity contribution in [2.24, 2.45) is 0 Å². The van der Waals surface area contributed by atoms with Crippen LogP contribution >= 0.6 is 22.2 Å². The Morgan fingerprint density at radius 2 is 1.91 bits per heavy atom. The quantitative estimate of drug-likeness (QED) is 0.535. The number of hydrogen-bond donors (Lipinski definition) is 0. The molecule has 0 aliphatic rings. The van der Waals surface area contributed by atoms with Gasteiger partial charge in [-0.15, -0.1) is 22.2 Å². The van der Waals surface area contributed by atoms with Crippen molar-refractivity contribution >= 4 is 29.8 Å². The lowest BCUT2D eigenvalue weighted by Crippen LogP contribution is -2.06. The first-order valence-electron chi connectivity index (χ1n) is 3.20. The van der Waals surface area contributed by atoms with Gasteiger partial charge in [0.1, 0.15) is 5.75 Å². The van der Waals surface area contributed by atoms with Gasteiger partial charge in [0, 0.05) is 0 Å². The van der Waals surface area contributed by atoms with Gasteiger partial charge in [0.25, 0.3) is 0 Å². The molecule has 1 aromatic rings. The fourth-order valence-electron chi connectivity index (χ4n) is 0.785. The van der Waals surface area contributed by atoms with Crippen LogP contribution < -0.4 is 4.43 Å². The maximum absolute atomic E-state index is 5.57. The van der Waals surface area contributed by atoms with Crippen molar-refractivity contribution in [3.8, 4) is 5.75 Å². The molecule has 0 aliphatic carbocycles. The van der Waals surface area contributed by atoms with Gasteiger partial charge in [-0.05, 0) is 18.6 Å². The molecule has 1 aromatic carbocycles. The van der Waals surface area contributed by atoms with Gasteiger partial charge in [-0.3, -0.25) is 0 Å². The highest BCUT2D eigenvalue weighted by atomic mass is 35.7. The molecule has 60 valence electrons. The van der Waals surface area contributed by atoms with Crippen molar-refractivity contribution in [2.45, 2.75) is 6.92 Å². The number of para-hydroxylation sites is 1. The van der Waals surface area contributed by atoms with Crippen LogP contribution in [0.15, 0.2) is 24.3 Å². The normalized spacial score (nSPS) is 10.2. The van der Waals surface area contributed by atoms with Crippen molar-refractivity contribution in [1.29, 1.82) is 0 Å². The molecule has 0 bridgehead atoms. The van der Waals surface area contributed by atoms with Gasteiger partial charge in [0.15, 0.2) is 0 Å². The molecular formula is C7H8Cl2OSi. The van der Waals surface area contributed by atoms with Gasteiger partial charge in [0.05, 0.1) is 0 Å². The monoisotopic (exact) mass is 206 g/mol. The number of benzene rings is 1. The minimum atomic E-state index is -1.98. The molecule has 0 aromatic heterocycles. The lowest BCUT2D eigenvalue weighted by molar-refractivity contribution is 0.598. The molecule has 1 nitrogen and oxygen atoms in total. The van der Waals surface area contributed by atoms with E-state index in [-0.39, 0.29) is 0 Å². The zero-order valence-electron chi connectivity index (χ0n) is 6.05. The minimum Gasteiger partial charge on any atom is -0.520 e. The molecule has 4 heteroatoms. The third kappa shape index (κ3) is 2.73. The summed E-state index contributed by atoms with van der Waals surface area (Å²) in [7, 11) is -1.98. The minimum absolute atomic E-state index is 0.786.